The molecule has 41 heavy (non-hydrogen) atoms. The quantitative estimate of drug-likeness (QED) is 0.363. The number of amides is 1. The van der Waals surface area contributed by atoms with Gasteiger partial charge in [0.1, 0.15) is 9.84 Å². The first-order valence-corrected chi connectivity index (χ1v) is 18.5. The molecule has 11 heteroatoms. The molecule has 0 unspecified atom stereocenters. The van der Waals surface area contributed by atoms with Gasteiger partial charge in [-0.25, -0.2) is 26.5 Å². The second kappa shape index (κ2) is 11.7. The molecular formula is C30H39N3O5S3. The standard InChI is InChI=1S/C30H39N3O5S3/c1-30(2,3)33-41(37,38)26-14-13-24(22-11-7-8-12-23(22)26)27-25(19-20-9-5-4-6-10-20)32-29(39-27)28(34)31-21-15-17-40(35,36)18-16-21/h7-8,11-14,20-21,33H,4-6,9-10,15-19H2,1-3H3,(H,31,34). The molecule has 222 valence electrons. The van der Waals surface area contributed by atoms with Crippen LogP contribution in [0.25, 0.3) is 21.2 Å². The monoisotopic (exact) mass is 617 g/mol. The number of nitrogens with one attached hydrogen (secondary N) is 2. The summed E-state index contributed by atoms with van der Waals surface area (Å²) in [6.07, 6.45) is 7.47. The summed E-state index contributed by atoms with van der Waals surface area (Å²) in [5.41, 5.74) is 1.10. The molecule has 1 amide bonds. The van der Waals surface area contributed by atoms with E-state index in [-0.39, 0.29) is 28.4 Å². The minimum atomic E-state index is -3.78. The molecular weight excluding hydrogens is 579 g/mol. The summed E-state index contributed by atoms with van der Waals surface area (Å²) in [5.74, 6) is 0.373. The summed E-state index contributed by atoms with van der Waals surface area (Å²) < 4.78 is 53.1. The number of nitrogens with zero attached hydrogens (tertiary/aromatic N) is 1. The maximum atomic E-state index is 13.4. The lowest BCUT2D eigenvalue weighted by Gasteiger charge is -2.22. The largest absolute Gasteiger partial charge is 0.347 e. The average Bonchev–Trinajstić information content (AvgIpc) is 3.32. The van der Waals surface area contributed by atoms with Crippen LogP contribution in [-0.4, -0.2) is 50.8 Å². The van der Waals surface area contributed by atoms with Gasteiger partial charge in [-0.1, -0.05) is 62.4 Å². The van der Waals surface area contributed by atoms with E-state index >= 15 is 0 Å². The Balaban J connectivity index is 1.54. The predicted octanol–water partition coefficient (Wildman–Crippen LogP) is 5.47. The Bertz CT molecular complexity index is 1640. The van der Waals surface area contributed by atoms with Crippen LogP contribution in [0.5, 0.6) is 0 Å². The number of hydrogen-bond donors (Lipinski definition) is 2. The lowest BCUT2D eigenvalue weighted by molar-refractivity contribution is 0.0933. The number of fused-ring (bicyclic) bond motifs is 1. The number of carbonyl (C=O) groups excluding carboxylic acids is 1. The van der Waals surface area contributed by atoms with E-state index in [1.54, 1.807) is 6.07 Å². The van der Waals surface area contributed by atoms with E-state index in [0.29, 0.717) is 29.2 Å². The van der Waals surface area contributed by atoms with Crippen LogP contribution in [0.3, 0.4) is 0 Å². The van der Waals surface area contributed by atoms with Crippen molar-refractivity contribution in [2.75, 3.05) is 11.5 Å². The first-order chi connectivity index (χ1) is 19.3. The molecule has 0 radical (unpaired) electrons. The van der Waals surface area contributed by atoms with Crippen molar-refractivity contribution in [2.45, 2.75) is 88.6 Å². The number of sulfone groups is 1. The molecule has 1 aliphatic heterocycles. The predicted molar refractivity (Wildman–Crippen MR) is 165 cm³/mol. The first-order valence-electron chi connectivity index (χ1n) is 14.4. The molecule has 0 atom stereocenters. The highest BCUT2D eigenvalue weighted by Gasteiger charge is 2.29. The van der Waals surface area contributed by atoms with E-state index < -0.39 is 25.4 Å². The van der Waals surface area contributed by atoms with Gasteiger partial charge in [0.15, 0.2) is 5.01 Å². The van der Waals surface area contributed by atoms with E-state index in [2.05, 4.69) is 10.0 Å². The summed E-state index contributed by atoms with van der Waals surface area (Å²) in [6.45, 7) is 5.44. The van der Waals surface area contributed by atoms with Crippen molar-refractivity contribution in [3.8, 4) is 10.4 Å². The third kappa shape index (κ3) is 7.18. The molecule has 2 aromatic carbocycles. The number of hydrogen-bond acceptors (Lipinski definition) is 7. The number of rotatable bonds is 7. The third-order valence-corrected chi connectivity index (χ3v) is 12.5. The zero-order chi connectivity index (χ0) is 29.4. The molecule has 2 fully saturated rings. The van der Waals surface area contributed by atoms with Crippen LogP contribution in [0.2, 0.25) is 0 Å². The van der Waals surface area contributed by atoms with E-state index in [0.717, 1.165) is 40.8 Å². The van der Waals surface area contributed by atoms with Crippen molar-refractivity contribution in [3.63, 3.8) is 0 Å². The smallest absolute Gasteiger partial charge is 0.280 e. The van der Waals surface area contributed by atoms with Crippen LogP contribution in [-0.2, 0) is 26.3 Å². The lowest BCUT2D eigenvalue weighted by atomic mass is 9.85. The average molecular weight is 618 g/mol. The molecule has 1 aliphatic carbocycles. The second-order valence-corrected chi connectivity index (χ2v) is 17.4. The van der Waals surface area contributed by atoms with E-state index in [1.165, 1.54) is 30.6 Å². The maximum absolute atomic E-state index is 13.4. The Kier molecular flexibility index (Phi) is 8.63. The molecule has 1 saturated carbocycles. The van der Waals surface area contributed by atoms with E-state index in [9.17, 15) is 21.6 Å². The van der Waals surface area contributed by atoms with Crippen LogP contribution in [0.4, 0.5) is 0 Å². The molecule has 0 bridgehead atoms. The maximum Gasteiger partial charge on any atom is 0.280 e. The van der Waals surface area contributed by atoms with Crippen molar-refractivity contribution in [3.05, 3.63) is 47.1 Å². The molecule has 1 saturated heterocycles. The molecule has 0 spiro atoms. The zero-order valence-corrected chi connectivity index (χ0v) is 26.4. The summed E-state index contributed by atoms with van der Waals surface area (Å²) in [7, 11) is -6.81. The van der Waals surface area contributed by atoms with Crippen LogP contribution in [0.15, 0.2) is 41.3 Å². The minimum absolute atomic E-state index is 0.0827. The summed E-state index contributed by atoms with van der Waals surface area (Å²) in [4.78, 5) is 19.3. The minimum Gasteiger partial charge on any atom is -0.347 e. The zero-order valence-electron chi connectivity index (χ0n) is 23.9. The molecule has 2 aliphatic rings. The SMILES string of the molecule is CC(C)(C)NS(=O)(=O)c1ccc(-c2sc(C(=O)NC3CCS(=O)(=O)CC3)nc2CC2CCCCC2)c2ccccc12. The van der Waals surface area contributed by atoms with E-state index in [4.69, 9.17) is 4.98 Å². The molecule has 3 aromatic rings. The highest BCUT2D eigenvalue weighted by molar-refractivity contribution is 7.91. The fraction of sp³-hybridized carbons (Fsp3) is 0.533. The Morgan fingerprint density at radius 3 is 2.29 bits per heavy atom. The van der Waals surface area contributed by atoms with Crippen LogP contribution in [0, 0.1) is 5.92 Å². The topological polar surface area (TPSA) is 122 Å². The van der Waals surface area contributed by atoms with Gasteiger partial charge in [-0.2, -0.15) is 0 Å². The number of aromatic nitrogens is 1. The Hall–Kier alpha value is -2.34. The molecule has 1 aromatic heterocycles. The van der Waals surface area contributed by atoms with Crippen molar-refractivity contribution in [1.29, 1.82) is 0 Å². The fourth-order valence-corrected chi connectivity index (χ4v) is 10.1. The van der Waals surface area contributed by atoms with Crippen LogP contribution in [0.1, 0.15) is 81.2 Å². The summed E-state index contributed by atoms with van der Waals surface area (Å²) >= 11 is 1.33. The van der Waals surface area contributed by atoms with Gasteiger partial charge in [0, 0.05) is 22.5 Å². The van der Waals surface area contributed by atoms with Crippen molar-refractivity contribution in [1.82, 2.24) is 15.0 Å². The molecule has 2 heterocycles. The Morgan fingerprint density at radius 1 is 0.976 bits per heavy atom. The first kappa shape index (κ1) is 30.1. The van der Waals surface area contributed by atoms with Gasteiger partial charge in [-0.05, 0) is 57.4 Å². The molecule has 5 rings (SSSR count). The van der Waals surface area contributed by atoms with Gasteiger partial charge in [-0.15, -0.1) is 11.3 Å². The lowest BCUT2D eigenvalue weighted by Crippen LogP contribution is -2.40. The summed E-state index contributed by atoms with van der Waals surface area (Å²) in [5, 5.41) is 4.78. The number of sulfonamides is 1. The Morgan fingerprint density at radius 2 is 1.63 bits per heavy atom. The van der Waals surface area contributed by atoms with Gasteiger partial charge >= 0.3 is 0 Å². The third-order valence-electron chi connectivity index (χ3n) is 7.85. The highest BCUT2D eigenvalue weighted by Crippen LogP contribution is 2.40. The fourth-order valence-electron chi connectivity index (χ4n) is 5.91. The van der Waals surface area contributed by atoms with Crippen LogP contribution < -0.4 is 10.0 Å². The second-order valence-electron chi connectivity index (χ2n) is 12.4. The summed E-state index contributed by atoms with van der Waals surface area (Å²) in [6, 6.07) is 10.8. The number of carbonyl (C=O) groups is 1. The van der Waals surface area contributed by atoms with Crippen molar-refractivity contribution >= 4 is 47.9 Å². The van der Waals surface area contributed by atoms with Crippen molar-refractivity contribution < 1.29 is 21.6 Å². The van der Waals surface area contributed by atoms with Gasteiger partial charge in [0.05, 0.1) is 27.0 Å². The molecule has 8 nitrogen and oxygen atoms in total. The number of thiazole rings is 1. The van der Waals surface area contributed by atoms with Crippen molar-refractivity contribution in [2.24, 2.45) is 5.92 Å². The van der Waals surface area contributed by atoms with Gasteiger partial charge < -0.3 is 5.32 Å². The van der Waals surface area contributed by atoms with Crippen LogP contribution >= 0.6 is 11.3 Å². The Labute approximate surface area is 247 Å². The normalized spacial score (nSPS) is 18.9. The van der Waals surface area contributed by atoms with Gasteiger partial charge in [-0.3, -0.25) is 4.79 Å². The number of benzene rings is 2. The van der Waals surface area contributed by atoms with Gasteiger partial charge in [0.25, 0.3) is 5.91 Å². The van der Waals surface area contributed by atoms with E-state index in [1.807, 2.05) is 51.1 Å². The highest BCUT2D eigenvalue weighted by atomic mass is 32.2. The molecule has 2 N–H and O–H groups in total. The van der Waals surface area contributed by atoms with Gasteiger partial charge in [0.2, 0.25) is 10.0 Å².